The summed E-state index contributed by atoms with van der Waals surface area (Å²) in [6.45, 7) is 2.67. The maximum atomic E-state index is 12.9. The number of nitrogens with zero attached hydrogens (tertiary/aromatic N) is 1. The van der Waals surface area contributed by atoms with Crippen molar-refractivity contribution in [3.05, 3.63) is 35.6 Å². The summed E-state index contributed by atoms with van der Waals surface area (Å²) in [5.41, 5.74) is 0.765. The number of sulfonamides is 1. The second-order valence-corrected chi connectivity index (χ2v) is 7.73. The van der Waals surface area contributed by atoms with Gasteiger partial charge in [-0.15, -0.1) is 0 Å². The van der Waals surface area contributed by atoms with Gasteiger partial charge in [0.05, 0.1) is 12.4 Å². The molecule has 0 amide bonds. The van der Waals surface area contributed by atoms with Crippen molar-refractivity contribution >= 4 is 10.0 Å². The summed E-state index contributed by atoms with van der Waals surface area (Å²) >= 11 is 0. The monoisotopic (exact) mass is 315 g/mol. The van der Waals surface area contributed by atoms with Gasteiger partial charge in [-0.3, -0.25) is 0 Å². The van der Waals surface area contributed by atoms with E-state index in [-0.39, 0.29) is 24.2 Å². The van der Waals surface area contributed by atoms with Crippen molar-refractivity contribution in [3.8, 4) is 0 Å². The van der Waals surface area contributed by atoms with E-state index in [0.29, 0.717) is 12.5 Å². The molecule has 1 aliphatic rings. The van der Waals surface area contributed by atoms with E-state index in [0.717, 1.165) is 5.56 Å². The van der Waals surface area contributed by atoms with Crippen LogP contribution in [-0.2, 0) is 14.8 Å². The van der Waals surface area contributed by atoms with Crippen LogP contribution in [0.1, 0.15) is 31.4 Å². The fourth-order valence-electron chi connectivity index (χ4n) is 2.03. The molecule has 1 unspecified atom stereocenters. The lowest BCUT2D eigenvalue weighted by molar-refractivity contribution is 0.137. The van der Waals surface area contributed by atoms with Crippen LogP contribution in [-0.4, -0.2) is 38.7 Å². The third-order valence-electron chi connectivity index (χ3n) is 3.87. The van der Waals surface area contributed by atoms with Crippen molar-refractivity contribution in [2.45, 2.75) is 25.8 Å². The molecule has 1 aromatic carbocycles. The molecule has 1 fully saturated rings. The zero-order valence-electron chi connectivity index (χ0n) is 12.5. The summed E-state index contributed by atoms with van der Waals surface area (Å²) < 4.78 is 44.1. The maximum Gasteiger partial charge on any atom is 0.216 e. The van der Waals surface area contributed by atoms with Crippen LogP contribution in [0.3, 0.4) is 0 Å². The Morgan fingerprint density at radius 1 is 1.33 bits per heavy atom. The zero-order valence-corrected chi connectivity index (χ0v) is 13.3. The summed E-state index contributed by atoms with van der Waals surface area (Å²) in [7, 11) is -1.83. The Kier molecular flexibility index (Phi) is 5.35. The molecule has 0 radical (unpaired) electrons. The van der Waals surface area contributed by atoms with E-state index in [4.69, 9.17) is 4.74 Å². The predicted octanol–water partition coefficient (Wildman–Crippen LogP) is 2.57. The minimum atomic E-state index is -3.38. The fraction of sp³-hybridized carbons (Fsp3) is 0.600. The molecule has 6 heteroatoms. The smallest absolute Gasteiger partial charge is 0.216 e. The molecule has 1 aromatic rings. The van der Waals surface area contributed by atoms with Crippen LogP contribution in [0.25, 0.3) is 0 Å². The number of hydrogen-bond acceptors (Lipinski definition) is 3. The Hall–Kier alpha value is -0.980. The number of benzene rings is 1. The van der Waals surface area contributed by atoms with Crippen molar-refractivity contribution in [1.29, 1.82) is 0 Å². The molecule has 21 heavy (non-hydrogen) atoms. The van der Waals surface area contributed by atoms with Gasteiger partial charge in [0.15, 0.2) is 0 Å². The van der Waals surface area contributed by atoms with Gasteiger partial charge >= 0.3 is 0 Å². The lowest BCUT2D eigenvalue weighted by atomic mass is 10.1. The highest BCUT2D eigenvalue weighted by Gasteiger charge is 2.25. The number of hydrogen-bond donors (Lipinski definition) is 0. The number of rotatable bonds is 8. The van der Waals surface area contributed by atoms with E-state index < -0.39 is 10.0 Å². The summed E-state index contributed by atoms with van der Waals surface area (Å²) in [6, 6.07) is 5.56. The molecule has 0 saturated heterocycles. The molecule has 1 saturated carbocycles. The summed E-state index contributed by atoms with van der Waals surface area (Å²) in [6.07, 6.45) is 2.38. The summed E-state index contributed by atoms with van der Waals surface area (Å²) in [5, 5.41) is 0. The SMILES string of the molecule is CC(c1ccc(F)cc1)N(C)S(=O)(=O)CCOCC1CC1. The Morgan fingerprint density at radius 2 is 1.95 bits per heavy atom. The zero-order chi connectivity index (χ0) is 15.5. The molecule has 118 valence electrons. The highest BCUT2D eigenvalue weighted by molar-refractivity contribution is 7.89. The van der Waals surface area contributed by atoms with Crippen LogP contribution >= 0.6 is 0 Å². The molecular weight excluding hydrogens is 293 g/mol. The van der Waals surface area contributed by atoms with Gasteiger partial charge in [0.25, 0.3) is 0 Å². The van der Waals surface area contributed by atoms with Crippen molar-refractivity contribution in [1.82, 2.24) is 4.31 Å². The average Bonchev–Trinajstić information content (AvgIpc) is 3.27. The molecule has 0 heterocycles. The van der Waals surface area contributed by atoms with E-state index in [9.17, 15) is 12.8 Å². The second-order valence-electron chi connectivity index (χ2n) is 5.58. The van der Waals surface area contributed by atoms with Gasteiger partial charge < -0.3 is 4.74 Å². The molecule has 0 spiro atoms. The largest absolute Gasteiger partial charge is 0.380 e. The van der Waals surface area contributed by atoms with E-state index in [2.05, 4.69) is 0 Å². The van der Waals surface area contributed by atoms with Crippen LogP contribution in [0.15, 0.2) is 24.3 Å². The molecule has 2 rings (SSSR count). The van der Waals surface area contributed by atoms with Crippen molar-refractivity contribution in [2.75, 3.05) is 26.0 Å². The van der Waals surface area contributed by atoms with Crippen molar-refractivity contribution < 1.29 is 17.5 Å². The van der Waals surface area contributed by atoms with Gasteiger partial charge in [0.2, 0.25) is 10.0 Å². The molecule has 0 aromatic heterocycles. The topological polar surface area (TPSA) is 46.6 Å². The van der Waals surface area contributed by atoms with Crippen LogP contribution in [0.2, 0.25) is 0 Å². The summed E-state index contributed by atoms with van der Waals surface area (Å²) in [4.78, 5) is 0. The van der Waals surface area contributed by atoms with Crippen LogP contribution in [0, 0.1) is 11.7 Å². The van der Waals surface area contributed by atoms with Gasteiger partial charge in [-0.25, -0.2) is 12.8 Å². The molecular formula is C15H22FNO3S. The van der Waals surface area contributed by atoms with Gasteiger partial charge in [0.1, 0.15) is 5.82 Å². The van der Waals surface area contributed by atoms with Gasteiger partial charge in [-0.2, -0.15) is 4.31 Å². The van der Waals surface area contributed by atoms with E-state index in [1.54, 1.807) is 26.1 Å². The van der Waals surface area contributed by atoms with Crippen LogP contribution in [0.4, 0.5) is 4.39 Å². The van der Waals surface area contributed by atoms with Gasteiger partial charge in [0, 0.05) is 19.7 Å². The van der Waals surface area contributed by atoms with E-state index >= 15 is 0 Å². The first kappa shape index (κ1) is 16.4. The fourth-order valence-corrected chi connectivity index (χ4v) is 3.25. The minimum Gasteiger partial charge on any atom is -0.380 e. The predicted molar refractivity (Wildman–Crippen MR) is 79.9 cm³/mol. The molecule has 0 N–H and O–H groups in total. The first-order valence-corrected chi connectivity index (χ1v) is 8.80. The lowest BCUT2D eigenvalue weighted by Gasteiger charge is -2.24. The Balaban J connectivity index is 1.89. The van der Waals surface area contributed by atoms with Crippen LogP contribution in [0.5, 0.6) is 0 Å². The molecule has 0 bridgehead atoms. The summed E-state index contributed by atoms with van der Waals surface area (Å²) in [5.74, 6) is 0.274. The Morgan fingerprint density at radius 3 is 2.52 bits per heavy atom. The van der Waals surface area contributed by atoms with E-state index in [1.165, 1.54) is 29.3 Å². The van der Waals surface area contributed by atoms with Gasteiger partial charge in [-0.05, 0) is 43.4 Å². The quantitative estimate of drug-likeness (QED) is 0.693. The molecule has 1 aliphatic carbocycles. The average molecular weight is 315 g/mol. The third kappa shape index (κ3) is 4.76. The Labute approximate surface area is 126 Å². The molecule has 4 nitrogen and oxygen atoms in total. The van der Waals surface area contributed by atoms with Crippen molar-refractivity contribution in [2.24, 2.45) is 5.92 Å². The normalized spacial score (nSPS) is 17.1. The van der Waals surface area contributed by atoms with Crippen LogP contribution < -0.4 is 0 Å². The Bertz CT molecular complexity index is 555. The maximum absolute atomic E-state index is 12.9. The molecule has 0 aliphatic heterocycles. The standard InChI is InChI=1S/C15H22FNO3S/c1-12(14-5-7-15(16)8-6-14)17(2)21(18,19)10-9-20-11-13-3-4-13/h5-8,12-13H,3-4,9-11H2,1-2H3. The first-order chi connectivity index (χ1) is 9.90. The highest BCUT2D eigenvalue weighted by atomic mass is 32.2. The minimum absolute atomic E-state index is 0.0260. The molecule has 1 atom stereocenters. The second kappa shape index (κ2) is 6.85. The van der Waals surface area contributed by atoms with Gasteiger partial charge in [-0.1, -0.05) is 12.1 Å². The number of ether oxygens (including phenoxy) is 1. The third-order valence-corrected chi connectivity index (χ3v) is 5.75. The van der Waals surface area contributed by atoms with E-state index in [1.807, 2.05) is 0 Å². The van der Waals surface area contributed by atoms with Crippen molar-refractivity contribution in [3.63, 3.8) is 0 Å². The first-order valence-electron chi connectivity index (χ1n) is 7.19. The number of halogens is 1. The highest BCUT2D eigenvalue weighted by Crippen LogP contribution is 2.28. The lowest BCUT2D eigenvalue weighted by Crippen LogP contribution is -2.33.